The average molecular weight is 543 g/mol. The van der Waals surface area contributed by atoms with E-state index < -0.39 is 41.7 Å². The van der Waals surface area contributed by atoms with Gasteiger partial charge in [0.15, 0.2) is 11.2 Å². The molecule has 2 aliphatic rings. The van der Waals surface area contributed by atoms with E-state index >= 15 is 0 Å². The molecule has 3 N–H and O–H groups in total. The number of fused-ring (bicyclic) bond motifs is 3. The molecule has 0 bridgehead atoms. The zero-order valence-corrected chi connectivity index (χ0v) is 20.4. The van der Waals surface area contributed by atoms with Gasteiger partial charge in [0.05, 0.1) is 31.0 Å². The van der Waals surface area contributed by atoms with Crippen molar-refractivity contribution in [1.29, 1.82) is 0 Å². The van der Waals surface area contributed by atoms with Crippen LogP contribution in [-0.4, -0.2) is 47.5 Å². The molecule has 3 aromatic rings. The SMILES string of the molecule is COc1cncc2c1C1(O)C(O)C(C(=O)NCCF)C(c3ccccc3)C1(c1ccc(Br)cc1)O2. The molecule has 7 nitrogen and oxygen atoms in total. The molecule has 1 aromatic heterocycles. The van der Waals surface area contributed by atoms with Crippen LogP contribution < -0.4 is 14.8 Å². The number of hydrogen-bond donors (Lipinski definition) is 3. The Morgan fingerprint density at radius 2 is 1.91 bits per heavy atom. The van der Waals surface area contributed by atoms with Gasteiger partial charge in [0.25, 0.3) is 0 Å². The molecule has 5 unspecified atom stereocenters. The summed E-state index contributed by atoms with van der Waals surface area (Å²) in [4.78, 5) is 17.6. The van der Waals surface area contributed by atoms with Crippen molar-refractivity contribution in [3.63, 3.8) is 0 Å². The van der Waals surface area contributed by atoms with Gasteiger partial charge in [0, 0.05) is 16.9 Å². The fourth-order valence-corrected chi connectivity index (χ4v) is 5.94. The Balaban J connectivity index is 1.84. The fourth-order valence-electron chi connectivity index (χ4n) is 5.67. The first-order valence-corrected chi connectivity index (χ1v) is 12.0. The topological polar surface area (TPSA) is 101 Å². The van der Waals surface area contributed by atoms with Crippen molar-refractivity contribution in [2.45, 2.75) is 23.2 Å². The number of aromatic nitrogens is 1. The van der Waals surface area contributed by atoms with Crippen LogP contribution in [0.3, 0.4) is 0 Å². The molecular formula is C26H24BrFN2O5. The smallest absolute Gasteiger partial charge is 0.226 e. The van der Waals surface area contributed by atoms with Crippen molar-refractivity contribution in [2.75, 3.05) is 20.3 Å². The van der Waals surface area contributed by atoms with Crippen LogP contribution >= 0.6 is 15.9 Å². The minimum Gasteiger partial charge on any atom is -0.495 e. The maximum absolute atomic E-state index is 13.4. The largest absolute Gasteiger partial charge is 0.495 e. The second kappa shape index (κ2) is 8.89. The Morgan fingerprint density at radius 1 is 1.20 bits per heavy atom. The van der Waals surface area contributed by atoms with Crippen molar-refractivity contribution in [3.8, 4) is 11.5 Å². The van der Waals surface area contributed by atoms with Gasteiger partial charge in [0.1, 0.15) is 24.3 Å². The highest BCUT2D eigenvalue weighted by atomic mass is 79.9. The van der Waals surface area contributed by atoms with Gasteiger partial charge in [-0.1, -0.05) is 58.4 Å². The number of aliphatic hydroxyl groups excluding tert-OH is 1. The highest BCUT2D eigenvalue weighted by Gasteiger charge is 2.78. The lowest BCUT2D eigenvalue weighted by Gasteiger charge is -2.40. The first kappa shape index (κ1) is 23.7. The molecule has 1 aliphatic heterocycles. The second-order valence-electron chi connectivity index (χ2n) is 8.66. The summed E-state index contributed by atoms with van der Waals surface area (Å²) in [6.07, 6.45) is 1.27. The van der Waals surface area contributed by atoms with Crippen LogP contribution in [0.25, 0.3) is 0 Å². The minimum absolute atomic E-state index is 0.210. The molecule has 0 spiro atoms. The van der Waals surface area contributed by atoms with Gasteiger partial charge < -0.3 is 25.0 Å². The van der Waals surface area contributed by atoms with Crippen molar-refractivity contribution < 1.29 is 28.9 Å². The van der Waals surface area contributed by atoms with Gasteiger partial charge in [0.2, 0.25) is 5.91 Å². The molecule has 1 amide bonds. The van der Waals surface area contributed by atoms with Crippen molar-refractivity contribution >= 4 is 21.8 Å². The number of rotatable bonds is 6. The Kier molecular flexibility index (Phi) is 6.03. The van der Waals surface area contributed by atoms with Gasteiger partial charge >= 0.3 is 0 Å². The van der Waals surface area contributed by atoms with E-state index in [2.05, 4.69) is 26.2 Å². The molecule has 35 heavy (non-hydrogen) atoms. The van der Waals surface area contributed by atoms with Gasteiger partial charge in [-0.15, -0.1) is 0 Å². The molecular weight excluding hydrogens is 519 g/mol. The van der Waals surface area contributed by atoms with E-state index in [9.17, 15) is 19.4 Å². The Labute approximate surface area is 210 Å². The number of ether oxygens (including phenoxy) is 2. The number of methoxy groups -OCH3 is 1. The standard InChI is InChI=1S/C26H24BrFN2O5/c1-34-18-13-29-14-19-22(18)25(33)23(31)20(24(32)30-12-11-28)21(15-5-3-2-4-6-15)26(25,35-19)16-7-9-17(27)10-8-16/h2-10,13-14,20-21,23,31,33H,11-12H2,1H3,(H,30,32). The molecule has 182 valence electrons. The van der Waals surface area contributed by atoms with E-state index in [1.165, 1.54) is 19.5 Å². The number of pyridine rings is 1. The number of benzene rings is 2. The summed E-state index contributed by atoms with van der Waals surface area (Å²) in [5.74, 6) is -2.12. The molecule has 1 fully saturated rings. The Morgan fingerprint density at radius 3 is 2.57 bits per heavy atom. The highest BCUT2D eigenvalue weighted by Crippen LogP contribution is 2.69. The summed E-state index contributed by atoms with van der Waals surface area (Å²) in [7, 11) is 1.43. The number of alkyl halides is 1. The van der Waals surface area contributed by atoms with Crippen LogP contribution in [0.4, 0.5) is 4.39 Å². The third-order valence-electron chi connectivity index (χ3n) is 7.01. The molecule has 0 radical (unpaired) electrons. The van der Waals surface area contributed by atoms with Crippen molar-refractivity contribution in [1.82, 2.24) is 10.3 Å². The lowest BCUT2D eigenvalue weighted by atomic mass is 9.70. The molecule has 5 rings (SSSR count). The zero-order chi connectivity index (χ0) is 24.8. The first-order chi connectivity index (χ1) is 16.9. The van der Waals surface area contributed by atoms with E-state index in [1.54, 1.807) is 24.3 Å². The van der Waals surface area contributed by atoms with Crippen LogP contribution in [-0.2, 0) is 16.0 Å². The summed E-state index contributed by atoms with van der Waals surface area (Å²) in [6.45, 7) is -0.969. The summed E-state index contributed by atoms with van der Waals surface area (Å²) in [5.41, 5.74) is -2.28. The van der Waals surface area contributed by atoms with Crippen LogP contribution in [0.2, 0.25) is 0 Å². The number of hydrogen-bond acceptors (Lipinski definition) is 6. The first-order valence-electron chi connectivity index (χ1n) is 11.2. The van der Waals surface area contributed by atoms with Gasteiger partial charge in [-0.2, -0.15) is 0 Å². The monoisotopic (exact) mass is 542 g/mol. The van der Waals surface area contributed by atoms with E-state index in [0.717, 1.165) is 4.47 Å². The highest BCUT2D eigenvalue weighted by molar-refractivity contribution is 9.10. The summed E-state index contributed by atoms with van der Waals surface area (Å²) < 4.78 is 25.9. The molecule has 1 aliphatic carbocycles. The summed E-state index contributed by atoms with van der Waals surface area (Å²) in [6, 6.07) is 16.3. The third kappa shape index (κ3) is 3.29. The van der Waals surface area contributed by atoms with Crippen LogP contribution in [0, 0.1) is 5.92 Å². The van der Waals surface area contributed by atoms with Crippen molar-refractivity contribution in [2.24, 2.45) is 5.92 Å². The quantitative estimate of drug-likeness (QED) is 0.442. The summed E-state index contributed by atoms with van der Waals surface area (Å²) in [5, 5.41) is 26.9. The van der Waals surface area contributed by atoms with Gasteiger partial charge in [-0.3, -0.25) is 9.78 Å². The number of halogens is 2. The van der Waals surface area contributed by atoms with Crippen LogP contribution in [0.1, 0.15) is 22.6 Å². The fraction of sp³-hybridized carbons (Fsp3) is 0.308. The average Bonchev–Trinajstić information content (AvgIpc) is 3.26. The zero-order valence-electron chi connectivity index (χ0n) is 18.8. The van der Waals surface area contributed by atoms with Crippen LogP contribution in [0.5, 0.6) is 11.5 Å². The number of amides is 1. The number of carbonyl (C=O) groups excluding carboxylic acids is 1. The second-order valence-corrected chi connectivity index (χ2v) is 9.58. The van der Waals surface area contributed by atoms with E-state index in [-0.39, 0.29) is 23.6 Å². The maximum Gasteiger partial charge on any atom is 0.226 e. The molecule has 2 heterocycles. The third-order valence-corrected chi connectivity index (χ3v) is 7.54. The van der Waals surface area contributed by atoms with Crippen molar-refractivity contribution in [3.05, 3.63) is 88.2 Å². The molecule has 5 atom stereocenters. The lowest BCUT2D eigenvalue weighted by molar-refractivity contribution is -0.154. The van der Waals surface area contributed by atoms with Crippen LogP contribution in [0.15, 0.2) is 71.5 Å². The predicted octanol–water partition coefficient (Wildman–Crippen LogP) is 3.19. The minimum atomic E-state index is -2.09. The number of nitrogens with one attached hydrogen (secondary N) is 1. The number of aliphatic hydroxyl groups is 2. The molecule has 1 saturated carbocycles. The Bertz CT molecular complexity index is 1240. The number of carbonyl (C=O) groups is 1. The van der Waals surface area contributed by atoms with E-state index in [4.69, 9.17) is 9.47 Å². The maximum atomic E-state index is 13.4. The summed E-state index contributed by atoms with van der Waals surface area (Å²) >= 11 is 3.44. The predicted molar refractivity (Wildman–Crippen MR) is 129 cm³/mol. The molecule has 2 aromatic carbocycles. The molecule has 9 heteroatoms. The van der Waals surface area contributed by atoms with Gasteiger partial charge in [-0.05, 0) is 23.3 Å². The van der Waals surface area contributed by atoms with E-state index in [1.807, 2.05) is 30.3 Å². The number of nitrogens with zero attached hydrogens (tertiary/aromatic N) is 1. The van der Waals surface area contributed by atoms with E-state index in [0.29, 0.717) is 11.1 Å². The molecule has 0 saturated heterocycles. The Hall–Kier alpha value is -3.01. The normalized spacial score (nSPS) is 28.7. The lowest BCUT2D eigenvalue weighted by Crippen LogP contribution is -2.52. The van der Waals surface area contributed by atoms with Gasteiger partial charge in [-0.25, -0.2) is 4.39 Å².